The molecule has 1 aromatic carbocycles. The smallest absolute Gasteiger partial charge is 0.262 e. The Hall–Kier alpha value is -1.87. The van der Waals surface area contributed by atoms with E-state index >= 15 is 0 Å². The molecule has 156 valence electrons. The lowest BCUT2D eigenvalue weighted by atomic mass is 10.2. The standard InChI is InChI=1S/C20H25N3O4S2/c1-3-22(15-10-11-29(26,27)12-15)18(24)13(2)28-20-21-17-7-5-4-6-16(17)19(25)23(20)14-8-9-14/h4-7,13-15H,3,8-12H2,1-2H3. The number of benzene rings is 1. The minimum absolute atomic E-state index is 0.0327. The summed E-state index contributed by atoms with van der Waals surface area (Å²) in [5, 5.41) is 0.692. The SMILES string of the molecule is CCN(C(=O)C(C)Sc1nc2ccccc2c(=O)n1C1CC1)C1CCS(=O)(=O)C1. The summed E-state index contributed by atoms with van der Waals surface area (Å²) in [6.45, 7) is 4.14. The predicted molar refractivity (Wildman–Crippen MR) is 114 cm³/mol. The highest BCUT2D eigenvalue weighted by atomic mass is 32.2. The van der Waals surface area contributed by atoms with Gasteiger partial charge in [0.25, 0.3) is 5.56 Å². The Morgan fingerprint density at radius 2 is 2.03 bits per heavy atom. The third-order valence-electron chi connectivity index (χ3n) is 5.59. The first-order chi connectivity index (χ1) is 13.8. The Balaban J connectivity index is 1.61. The van der Waals surface area contributed by atoms with Crippen molar-refractivity contribution in [3.05, 3.63) is 34.6 Å². The number of hydrogen-bond donors (Lipinski definition) is 0. The van der Waals surface area contributed by atoms with Crippen molar-refractivity contribution in [3.8, 4) is 0 Å². The summed E-state index contributed by atoms with van der Waals surface area (Å²) in [5.41, 5.74) is 0.570. The third-order valence-corrected chi connectivity index (χ3v) is 8.39. The van der Waals surface area contributed by atoms with Gasteiger partial charge in [-0.2, -0.15) is 0 Å². The number of carbonyl (C=O) groups excluding carboxylic acids is 1. The summed E-state index contributed by atoms with van der Waals surface area (Å²) in [6, 6.07) is 7.15. The van der Waals surface area contributed by atoms with Crippen LogP contribution in [0.5, 0.6) is 0 Å². The highest BCUT2D eigenvalue weighted by Gasteiger charge is 2.36. The van der Waals surface area contributed by atoms with E-state index in [-0.39, 0.29) is 35.1 Å². The Kier molecular flexibility index (Phi) is 5.46. The molecule has 1 saturated heterocycles. The van der Waals surface area contributed by atoms with Crippen LogP contribution in [0.3, 0.4) is 0 Å². The molecule has 0 radical (unpaired) electrons. The average Bonchev–Trinajstić information content (AvgIpc) is 3.45. The molecule has 1 aliphatic carbocycles. The molecule has 2 heterocycles. The minimum Gasteiger partial charge on any atom is -0.338 e. The number of sulfone groups is 1. The van der Waals surface area contributed by atoms with Crippen LogP contribution in [0.1, 0.15) is 39.2 Å². The lowest BCUT2D eigenvalue weighted by molar-refractivity contribution is -0.131. The Labute approximate surface area is 174 Å². The Morgan fingerprint density at radius 1 is 1.31 bits per heavy atom. The second kappa shape index (κ2) is 7.75. The molecule has 7 nitrogen and oxygen atoms in total. The predicted octanol–water partition coefficient (Wildman–Crippen LogP) is 2.25. The molecule has 2 fully saturated rings. The molecule has 1 amide bonds. The number of para-hydroxylation sites is 1. The van der Waals surface area contributed by atoms with Gasteiger partial charge in [-0.25, -0.2) is 13.4 Å². The maximum absolute atomic E-state index is 13.1. The van der Waals surface area contributed by atoms with E-state index < -0.39 is 15.1 Å². The van der Waals surface area contributed by atoms with E-state index in [9.17, 15) is 18.0 Å². The number of rotatable bonds is 6. The van der Waals surface area contributed by atoms with E-state index in [1.807, 2.05) is 25.1 Å². The van der Waals surface area contributed by atoms with Crippen molar-refractivity contribution in [1.29, 1.82) is 0 Å². The van der Waals surface area contributed by atoms with Crippen molar-refractivity contribution in [1.82, 2.24) is 14.5 Å². The first kappa shape index (κ1) is 20.4. The number of amides is 1. The lowest BCUT2D eigenvalue weighted by Gasteiger charge is -2.29. The summed E-state index contributed by atoms with van der Waals surface area (Å²) >= 11 is 1.29. The molecular weight excluding hydrogens is 410 g/mol. The summed E-state index contributed by atoms with van der Waals surface area (Å²) < 4.78 is 25.4. The summed E-state index contributed by atoms with van der Waals surface area (Å²) in [4.78, 5) is 32.5. The molecule has 2 unspecified atom stereocenters. The van der Waals surface area contributed by atoms with E-state index in [1.54, 1.807) is 22.5 Å². The Bertz CT molecular complexity index is 1110. The third kappa shape index (κ3) is 4.07. The zero-order valence-corrected chi connectivity index (χ0v) is 18.2. The van der Waals surface area contributed by atoms with Crippen LogP contribution in [0.2, 0.25) is 0 Å². The summed E-state index contributed by atoms with van der Waals surface area (Å²) in [5.74, 6) is 0.0610. The number of aromatic nitrogens is 2. The first-order valence-corrected chi connectivity index (χ1v) is 12.7. The number of fused-ring (bicyclic) bond motifs is 1. The van der Waals surface area contributed by atoms with Gasteiger partial charge < -0.3 is 4.90 Å². The van der Waals surface area contributed by atoms with Gasteiger partial charge in [-0.15, -0.1) is 0 Å². The zero-order valence-electron chi connectivity index (χ0n) is 16.6. The van der Waals surface area contributed by atoms with Gasteiger partial charge in [-0.05, 0) is 45.2 Å². The van der Waals surface area contributed by atoms with Crippen LogP contribution in [0.4, 0.5) is 0 Å². The first-order valence-electron chi connectivity index (χ1n) is 9.99. The van der Waals surface area contributed by atoms with E-state index in [0.717, 1.165) is 12.8 Å². The van der Waals surface area contributed by atoms with Crippen molar-refractivity contribution >= 4 is 38.4 Å². The Morgan fingerprint density at radius 3 is 2.66 bits per heavy atom. The minimum atomic E-state index is -3.07. The molecule has 2 aliphatic rings. The molecule has 4 rings (SSSR count). The molecule has 0 bridgehead atoms. The molecule has 1 aliphatic heterocycles. The van der Waals surface area contributed by atoms with Gasteiger partial charge in [0, 0.05) is 18.6 Å². The topological polar surface area (TPSA) is 89.3 Å². The average molecular weight is 436 g/mol. The largest absolute Gasteiger partial charge is 0.338 e. The van der Waals surface area contributed by atoms with Gasteiger partial charge in [0.1, 0.15) is 0 Å². The fourth-order valence-corrected chi connectivity index (χ4v) is 6.70. The van der Waals surface area contributed by atoms with Crippen LogP contribution in [-0.4, -0.2) is 58.1 Å². The van der Waals surface area contributed by atoms with Crippen molar-refractivity contribution < 1.29 is 13.2 Å². The second-order valence-corrected chi connectivity index (χ2v) is 11.3. The van der Waals surface area contributed by atoms with Crippen molar-refractivity contribution in [3.63, 3.8) is 0 Å². The van der Waals surface area contributed by atoms with E-state index in [1.165, 1.54) is 11.8 Å². The molecular formula is C20H25N3O4S2. The van der Waals surface area contributed by atoms with Gasteiger partial charge in [-0.1, -0.05) is 23.9 Å². The number of carbonyl (C=O) groups is 1. The molecule has 29 heavy (non-hydrogen) atoms. The van der Waals surface area contributed by atoms with Gasteiger partial charge in [-0.3, -0.25) is 14.2 Å². The molecule has 1 saturated carbocycles. The number of hydrogen-bond acceptors (Lipinski definition) is 6. The summed E-state index contributed by atoms with van der Waals surface area (Å²) in [6.07, 6.45) is 2.37. The molecule has 2 aromatic rings. The normalized spacial score (nSPS) is 21.9. The molecule has 0 N–H and O–H groups in total. The highest BCUT2D eigenvalue weighted by Crippen LogP contribution is 2.38. The maximum atomic E-state index is 13.1. The maximum Gasteiger partial charge on any atom is 0.262 e. The fraction of sp³-hybridized carbons (Fsp3) is 0.550. The van der Waals surface area contributed by atoms with Crippen LogP contribution in [0.15, 0.2) is 34.2 Å². The van der Waals surface area contributed by atoms with Gasteiger partial charge in [0.05, 0.1) is 27.7 Å². The van der Waals surface area contributed by atoms with E-state index in [0.29, 0.717) is 29.0 Å². The van der Waals surface area contributed by atoms with E-state index in [2.05, 4.69) is 4.98 Å². The van der Waals surface area contributed by atoms with E-state index in [4.69, 9.17) is 0 Å². The molecule has 2 atom stereocenters. The van der Waals surface area contributed by atoms with Crippen LogP contribution < -0.4 is 5.56 Å². The van der Waals surface area contributed by atoms with Gasteiger partial charge in [0.2, 0.25) is 5.91 Å². The number of nitrogens with zero attached hydrogens (tertiary/aromatic N) is 3. The van der Waals surface area contributed by atoms with Crippen molar-refractivity contribution in [2.45, 2.75) is 55.6 Å². The fourth-order valence-electron chi connectivity index (χ4n) is 3.92. The second-order valence-electron chi connectivity index (χ2n) is 7.76. The quantitative estimate of drug-likeness (QED) is 0.511. The van der Waals surface area contributed by atoms with Crippen LogP contribution in [0, 0.1) is 0 Å². The van der Waals surface area contributed by atoms with Crippen LogP contribution >= 0.6 is 11.8 Å². The molecule has 9 heteroatoms. The highest BCUT2D eigenvalue weighted by molar-refractivity contribution is 8.00. The van der Waals surface area contributed by atoms with Gasteiger partial charge in [0.15, 0.2) is 15.0 Å². The van der Waals surface area contributed by atoms with Crippen LogP contribution in [0.25, 0.3) is 10.9 Å². The van der Waals surface area contributed by atoms with Crippen LogP contribution in [-0.2, 0) is 14.6 Å². The van der Waals surface area contributed by atoms with Crippen molar-refractivity contribution in [2.75, 3.05) is 18.1 Å². The zero-order chi connectivity index (χ0) is 20.8. The van der Waals surface area contributed by atoms with Gasteiger partial charge >= 0.3 is 0 Å². The lowest BCUT2D eigenvalue weighted by Crippen LogP contribution is -2.44. The molecule has 1 aromatic heterocycles. The molecule has 0 spiro atoms. The number of thioether (sulfide) groups is 1. The summed E-state index contributed by atoms with van der Waals surface area (Å²) in [7, 11) is -3.07. The van der Waals surface area contributed by atoms with Crippen molar-refractivity contribution in [2.24, 2.45) is 0 Å². The monoisotopic (exact) mass is 435 g/mol.